The molecule has 0 radical (unpaired) electrons. The van der Waals surface area contributed by atoms with Gasteiger partial charge in [0, 0.05) is 6.54 Å². The van der Waals surface area contributed by atoms with Gasteiger partial charge < -0.3 is 25.2 Å². The van der Waals surface area contributed by atoms with E-state index in [1.807, 2.05) is 25.1 Å². The quantitative estimate of drug-likeness (QED) is 0.749. The van der Waals surface area contributed by atoms with Gasteiger partial charge in [-0.3, -0.25) is 4.79 Å². The Balaban J connectivity index is 1.65. The zero-order valence-electron chi connectivity index (χ0n) is 12.0. The van der Waals surface area contributed by atoms with Gasteiger partial charge in [0.1, 0.15) is 13.2 Å². The van der Waals surface area contributed by atoms with Crippen LogP contribution in [0.15, 0.2) is 18.2 Å². The zero-order chi connectivity index (χ0) is 14.8. The summed E-state index contributed by atoms with van der Waals surface area (Å²) in [6, 6.07) is 5.24. The molecule has 114 valence electrons. The minimum absolute atomic E-state index is 0.0889. The summed E-state index contributed by atoms with van der Waals surface area (Å²) in [4.78, 5) is 12.1. The van der Waals surface area contributed by atoms with Crippen molar-refractivity contribution in [3.63, 3.8) is 0 Å². The molecule has 1 fully saturated rings. The van der Waals surface area contributed by atoms with Crippen molar-refractivity contribution in [2.24, 2.45) is 0 Å². The third-order valence-corrected chi connectivity index (χ3v) is 3.85. The Morgan fingerprint density at radius 1 is 1.38 bits per heavy atom. The first kappa shape index (κ1) is 14.2. The van der Waals surface area contributed by atoms with Crippen molar-refractivity contribution < 1.29 is 19.4 Å². The Bertz CT molecular complexity index is 534. The number of hydrogen-bond acceptors (Lipinski definition) is 5. The van der Waals surface area contributed by atoms with Crippen molar-refractivity contribution >= 4 is 5.91 Å². The van der Waals surface area contributed by atoms with E-state index in [0.717, 1.165) is 11.3 Å². The summed E-state index contributed by atoms with van der Waals surface area (Å²) < 4.78 is 11.0. The number of ether oxygens (including phenoxy) is 2. The van der Waals surface area contributed by atoms with Crippen molar-refractivity contribution in [1.29, 1.82) is 0 Å². The number of nitrogens with one attached hydrogen (secondary N) is 2. The van der Waals surface area contributed by atoms with Gasteiger partial charge in [-0.1, -0.05) is 6.07 Å². The van der Waals surface area contributed by atoms with E-state index in [4.69, 9.17) is 9.47 Å². The van der Waals surface area contributed by atoms with Crippen LogP contribution in [0.1, 0.15) is 24.9 Å². The van der Waals surface area contributed by atoms with Crippen LogP contribution >= 0.6 is 0 Å². The van der Waals surface area contributed by atoms with Crippen molar-refractivity contribution in [2.45, 2.75) is 31.5 Å². The molecular weight excluding hydrogens is 272 g/mol. The van der Waals surface area contributed by atoms with Crippen LogP contribution in [0, 0.1) is 0 Å². The summed E-state index contributed by atoms with van der Waals surface area (Å²) in [5.74, 6) is 1.37. The lowest BCUT2D eigenvalue weighted by molar-refractivity contribution is -0.123. The van der Waals surface area contributed by atoms with Gasteiger partial charge >= 0.3 is 0 Å². The van der Waals surface area contributed by atoms with Gasteiger partial charge in [0.25, 0.3) is 0 Å². The average molecular weight is 292 g/mol. The summed E-state index contributed by atoms with van der Waals surface area (Å²) in [6.07, 6.45) is 0.0185. The van der Waals surface area contributed by atoms with Gasteiger partial charge in [0.15, 0.2) is 11.5 Å². The fraction of sp³-hybridized carbons (Fsp3) is 0.533. The first-order valence-corrected chi connectivity index (χ1v) is 7.25. The Labute approximate surface area is 123 Å². The van der Waals surface area contributed by atoms with Crippen LogP contribution < -0.4 is 20.1 Å². The van der Waals surface area contributed by atoms with Crippen LogP contribution in [0.2, 0.25) is 0 Å². The molecule has 2 aliphatic rings. The molecule has 6 heteroatoms. The molecule has 0 aromatic heterocycles. The van der Waals surface area contributed by atoms with Gasteiger partial charge in [0.2, 0.25) is 5.91 Å². The van der Waals surface area contributed by atoms with Crippen molar-refractivity contribution in [1.82, 2.24) is 10.6 Å². The normalized spacial score (nSPS) is 25.4. The third kappa shape index (κ3) is 3.11. The van der Waals surface area contributed by atoms with E-state index in [0.29, 0.717) is 31.9 Å². The van der Waals surface area contributed by atoms with Gasteiger partial charge in [-0.2, -0.15) is 0 Å². The van der Waals surface area contributed by atoms with Crippen LogP contribution in [-0.2, 0) is 4.79 Å². The summed E-state index contributed by atoms with van der Waals surface area (Å²) >= 11 is 0. The number of rotatable bonds is 3. The number of amides is 1. The minimum atomic E-state index is -0.439. The molecule has 1 saturated heterocycles. The maximum absolute atomic E-state index is 12.1. The molecule has 2 heterocycles. The molecule has 0 spiro atoms. The number of hydrogen-bond donors (Lipinski definition) is 3. The molecular formula is C15H20N2O4. The monoisotopic (exact) mass is 292 g/mol. The number of β-amino-alcohol motifs (C(OH)–C–C–N with tert-alkyl or cyclic N) is 1. The predicted octanol–water partition coefficient (Wildman–Crippen LogP) is 0.358. The largest absolute Gasteiger partial charge is 0.486 e. The van der Waals surface area contributed by atoms with Crippen LogP contribution in [0.3, 0.4) is 0 Å². The van der Waals surface area contributed by atoms with Gasteiger partial charge in [-0.05, 0) is 31.0 Å². The van der Waals surface area contributed by atoms with Gasteiger partial charge in [-0.15, -0.1) is 0 Å². The Kier molecular flexibility index (Phi) is 3.98. The van der Waals surface area contributed by atoms with Crippen LogP contribution in [0.25, 0.3) is 0 Å². The molecule has 1 aromatic carbocycles. The number of carbonyl (C=O) groups is 1. The maximum atomic E-state index is 12.1. The van der Waals surface area contributed by atoms with E-state index in [9.17, 15) is 9.90 Å². The standard InChI is InChI=1S/C15H20N2O4/c1-9(17-15(19)12-7-11(18)8-16-12)10-2-3-13-14(6-10)21-5-4-20-13/h2-3,6,9,11-12,16,18H,4-5,7-8H2,1H3,(H,17,19). The molecule has 21 heavy (non-hydrogen) atoms. The molecule has 1 aromatic rings. The third-order valence-electron chi connectivity index (χ3n) is 3.85. The molecule has 3 unspecified atom stereocenters. The van der Waals surface area contributed by atoms with E-state index >= 15 is 0 Å². The number of benzene rings is 1. The topological polar surface area (TPSA) is 79.8 Å². The van der Waals surface area contributed by atoms with Crippen LogP contribution in [0.4, 0.5) is 0 Å². The maximum Gasteiger partial charge on any atom is 0.237 e. The van der Waals surface area contributed by atoms with E-state index in [-0.39, 0.29) is 18.0 Å². The predicted molar refractivity (Wildman–Crippen MR) is 76.4 cm³/mol. The zero-order valence-corrected chi connectivity index (χ0v) is 12.0. The molecule has 0 saturated carbocycles. The highest BCUT2D eigenvalue weighted by Gasteiger charge is 2.29. The SMILES string of the molecule is CC(NC(=O)C1CC(O)CN1)c1ccc2c(c1)OCCO2. The first-order chi connectivity index (χ1) is 10.1. The minimum Gasteiger partial charge on any atom is -0.486 e. The average Bonchev–Trinajstić information content (AvgIpc) is 2.93. The van der Waals surface area contributed by atoms with Crippen LogP contribution in [-0.4, -0.2) is 42.9 Å². The molecule has 3 rings (SSSR count). The summed E-state index contributed by atoms with van der Waals surface area (Å²) in [7, 11) is 0. The summed E-state index contributed by atoms with van der Waals surface area (Å²) in [6.45, 7) is 3.50. The van der Waals surface area contributed by atoms with Crippen LogP contribution in [0.5, 0.6) is 11.5 Å². The number of carbonyl (C=O) groups excluding carboxylic acids is 1. The second-order valence-electron chi connectivity index (χ2n) is 5.48. The summed E-state index contributed by atoms with van der Waals surface area (Å²) in [5, 5.41) is 15.4. The van der Waals surface area contributed by atoms with E-state index in [2.05, 4.69) is 10.6 Å². The smallest absolute Gasteiger partial charge is 0.237 e. The molecule has 0 aliphatic carbocycles. The first-order valence-electron chi connectivity index (χ1n) is 7.25. The number of aliphatic hydroxyl groups is 1. The van der Waals surface area contributed by atoms with E-state index in [1.165, 1.54) is 0 Å². The molecule has 6 nitrogen and oxygen atoms in total. The van der Waals surface area contributed by atoms with Crippen molar-refractivity contribution in [2.75, 3.05) is 19.8 Å². The highest BCUT2D eigenvalue weighted by molar-refractivity contribution is 5.82. The number of aliphatic hydroxyl groups excluding tert-OH is 1. The Hall–Kier alpha value is -1.79. The molecule has 0 bridgehead atoms. The Morgan fingerprint density at radius 3 is 2.86 bits per heavy atom. The lowest BCUT2D eigenvalue weighted by Gasteiger charge is -2.22. The van der Waals surface area contributed by atoms with Crippen molar-refractivity contribution in [3.8, 4) is 11.5 Å². The molecule has 2 aliphatic heterocycles. The van der Waals surface area contributed by atoms with E-state index in [1.54, 1.807) is 0 Å². The molecule has 1 amide bonds. The number of fused-ring (bicyclic) bond motifs is 1. The van der Waals surface area contributed by atoms with E-state index < -0.39 is 6.10 Å². The second kappa shape index (κ2) is 5.91. The molecule has 3 atom stereocenters. The van der Waals surface area contributed by atoms with Gasteiger partial charge in [-0.25, -0.2) is 0 Å². The molecule has 3 N–H and O–H groups in total. The fourth-order valence-corrected chi connectivity index (χ4v) is 2.64. The second-order valence-corrected chi connectivity index (χ2v) is 5.48. The fourth-order valence-electron chi connectivity index (χ4n) is 2.64. The summed E-state index contributed by atoms with van der Waals surface area (Å²) in [5.41, 5.74) is 0.964. The highest BCUT2D eigenvalue weighted by Crippen LogP contribution is 2.32. The van der Waals surface area contributed by atoms with Crippen molar-refractivity contribution in [3.05, 3.63) is 23.8 Å². The Morgan fingerprint density at radius 2 is 2.14 bits per heavy atom. The highest BCUT2D eigenvalue weighted by atomic mass is 16.6. The van der Waals surface area contributed by atoms with Gasteiger partial charge in [0.05, 0.1) is 18.2 Å². The lowest BCUT2D eigenvalue weighted by Crippen LogP contribution is -2.41. The lowest BCUT2D eigenvalue weighted by atomic mass is 10.1.